The molecule has 8 nitrogen and oxygen atoms in total. The average Bonchev–Trinajstić information content (AvgIpc) is 2.84. The predicted molar refractivity (Wildman–Crippen MR) is 130 cm³/mol. The third kappa shape index (κ3) is 8.17. The Balaban J connectivity index is 1.50. The van der Waals surface area contributed by atoms with Crippen LogP contribution in [0.4, 0.5) is 5.82 Å². The lowest BCUT2D eigenvalue weighted by atomic mass is 10.1. The maximum atomic E-state index is 12.9. The van der Waals surface area contributed by atoms with Crippen molar-refractivity contribution in [2.24, 2.45) is 0 Å². The largest absolute Gasteiger partial charge is 0.494 e. The quantitative estimate of drug-likeness (QED) is 0.294. The smallest absolute Gasteiger partial charge is 0.305 e. The van der Waals surface area contributed by atoms with Gasteiger partial charge in [0, 0.05) is 18.8 Å². The van der Waals surface area contributed by atoms with Crippen molar-refractivity contribution >= 4 is 21.8 Å². The van der Waals surface area contributed by atoms with E-state index in [4.69, 9.17) is 4.74 Å². The summed E-state index contributed by atoms with van der Waals surface area (Å²) in [6.45, 7) is 1.28. The van der Waals surface area contributed by atoms with Gasteiger partial charge in [0.2, 0.25) is 10.0 Å². The van der Waals surface area contributed by atoms with Gasteiger partial charge in [-0.05, 0) is 49.1 Å². The van der Waals surface area contributed by atoms with E-state index in [9.17, 15) is 18.3 Å². The van der Waals surface area contributed by atoms with Crippen LogP contribution in [0.2, 0.25) is 0 Å². The molecule has 180 valence electrons. The molecule has 3 N–H and O–H groups in total. The summed E-state index contributed by atoms with van der Waals surface area (Å²) < 4.78 is 34.1. The van der Waals surface area contributed by atoms with E-state index in [1.807, 2.05) is 18.2 Å². The van der Waals surface area contributed by atoms with Crippen molar-refractivity contribution < 1.29 is 23.1 Å². The number of carboxylic acids is 1. The molecule has 3 aromatic rings. The van der Waals surface area contributed by atoms with Crippen LogP contribution >= 0.6 is 0 Å². The van der Waals surface area contributed by atoms with Gasteiger partial charge < -0.3 is 15.2 Å². The molecule has 0 saturated heterocycles. The molecule has 0 aliphatic carbocycles. The second-order valence-electron chi connectivity index (χ2n) is 7.71. The van der Waals surface area contributed by atoms with Crippen molar-refractivity contribution in [3.63, 3.8) is 0 Å². The van der Waals surface area contributed by atoms with Gasteiger partial charge in [-0.2, -0.15) is 0 Å². The molecule has 0 aliphatic heterocycles. The third-order valence-corrected chi connectivity index (χ3v) is 6.52. The summed E-state index contributed by atoms with van der Waals surface area (Å²) in [6, 6.07) is 19.7. The summed E-state index contributed by atoms with van der Waals surface area (Å²) in [5.74, 6) is 0.205. The van der Waals surface area contributed by atoms with E-state index in [1.165, 1.54) is 12.1 Å². The number of unbranched alkanes of at least 4 members (excludes halogenated alkanes) is 2. The van der Waals surface area contributed by atoms with Crippen LogP contribution in [0.5, 0.6) is 5.75 Å². The lowest BCUT2D eigenvalue weighted by Gasteiger charge is -2.18. The van der Waals surface area contributed by atoms with Crippen LogP contribution in [-0.4, -0.2) is 37.6 Å². The van der Waals surface area contributed by atoms with Crippen LogP contribution in [0, 0.1) is 0 Å². The Morgan fingerprint density at radius 1 is 0.971 bits per heavy atom. The minimum atomic E-state index is -3.95. The van der Waals surface area contributed by atoms with E-state index in [2.05, 4.69) is 15.0 Å². The summed E-state index contributed by atoms with van der Waals surface area (Å²) >= 11 is 0. The zero-order valence-corrected chi connectivity index (χ0v) is 19.6. The molecule has 1 atom stereocenters. The molecule has 3 rings (SSSR count). The van der Waals surface area contributed by atoms with Crippen LogP contribution in [0.25, 0.3) is 0 Å². The topological polar surface area (TPSA) is 118 Å². The molecule has 0 radical (unpaired) electrons. The summed E-state index contributed by atoms with van der Waals surface area (Å²) in [7, 11) is -3.95. The zero-order chi connectivity index (χ0) is 24.2. The first-order valence-electron chi connectivity index (χ1n) is 11.1. The third-order valence-electron chi connectivity index (χ3n) is 5.05. The van der Waals surface area contributed by atoms with Gasteiger partial charge in [-0.1, -0.05) is 42.5 Å². The number of hydrogen-bond acceptors (Lipinski definition) is 6. The van der Waals surface area contributed by atoms with Crippen LogP contribution < -0.4 is 14.8 Å². The number of nitrogens with zero attached hydrogens (tertiary/aromatic N) is 1. The number of pyridine rings is 1. The number of anilines is 1. The summed E-state index contributed by atoms with van der Waals surface area (Å²) in [5, 5.41) is 12.5. The van der Waals surface area contributed by atoms with Crippen LogP contribution in [0.1, 0.15) is 37.3 Å². The van der Waals surface area contributed by atoms with Crippen molar-refractivity contribution in [1.82, 2.24) is 9.71 Å². The van der Waals surface area contributed by atoms with Crippen molar-refractivity contribution in [3.8, 4) is 5.75 Å². The highest BCUT2D eigenvalue weighted by Gasteiger charge is 2.24. The molecular weight excluding hydrogens is 454 g/mol. The normalized spacial score (nSPS) is 12.1. The minimum absolute atomic E-state index is 0.0240. The molecular formula is C25H29N3O5S. The fraction of sp³-hybridized carbons (Fsp3) is 0.280. The van der Waals surface area contributed by atoms with Gasteiger partial charge in [-0.3, -0.25) is 4.79 Å². The second-order valence-corrected chi connectivity index (χ2v) is 9.42. The van der Waals surface area contributed by atoms with Crippen molar-refractivity contribution in [2.45, 2.75) is 36.6 Å². The molecule has 0 aliphatic rings. The van der Waals surface area contributed by atoms with E-state index in [0.29, 0.717) is 17.9 Å². The highest BCUT2D eigenvalue weighted by molar-refractivity contribution is 7.89. The first-order valence-corrected chi connectivity index (χ1v) is 12.6. The van der Waals surface area contributed by atoms with E-state index in [-0.39, 0.29) is 11.3 Å². The number of sulfonamides is 1. The molecule has 1 unspecified atom stereocenters. The molecule has 0 bridgehead atoms. The van der Waals surface area contributed by atoms with Crippen LogP contribution in [0.3, 0.4) is 0 Å². The predicted octanol–water partition coefficient (Wildman–Crippen LogP) is 4.24. The van der Waals surface area contributed by atoms with Crippen molar-refractivity contribution in [1.29, 1.82) is 0 Å². The number of carbonyl (C=O) groups is 1. The van der Waals surface area contributed by atoms with Crippen molar-refractivity contribution in [2.75, 3.05) is 18.5 Å². The molecule has 0 amide bonds. The fourth-order valence-corrected chi connectivity index (χ4v) is 4.61. The van der Waals surface area contributed by atoms with Gasteiger partial charge in [0.1, 0.15) is 11.6 Å². The van der Waals surface area contributed by atoms with E-state index in [0.717, 1.165) is 31.6 Å². The number of rotatable bonds is 14. The highest BCUT2D eigenvalue weighted by atomic mass is 32.2. The number of aromatic nitrogens is 1. The molecule has 0 spiro atoms. The van der Waals surface area contributed by atoms with E-state index in [1.54, 1.807) is 48.7 Å². The monoisotopic (exact) mass is 483 g/mol. The maximum absolute atomic E-state index is 12.9. The number of benzene rings is 2. The second kappa shape index (κ2) is 12.7. The van der Waals surface area contributed by atoms with Gasteiger partial charge in [0.15, 0.2) is 0 Å². The molecule has 0 saturated carbocycles. The first-order chi connectivity index (χ1) is 16.4. The maximum Gasteiger partial charge on any atom is 0.305 e. The van der Waals surface area contributed by atoms with Crippen LogP contribution in [-0.2, 0) is 14.8 Å². The molecule has 1 heterocycles. The number of aliphatic carboxylic acids is 1. The SMILES string of the molecule is O=C(O)CC(NS(=O)(=O)c1cccc(OCCCCCNc2ccccn2)c1)c1ccccc1. The molecule has 34 heavy (non-hydrogen) atoms. The minimum Gasteiger partial charge on any atom is -0.494 e. The van der Waals surface area contributed by atoms with Crippen molar-refractivity contribution in [3.05, 3.63) is 84.6 Å². The summed E-state index contributed by atoms with van der Waals surface area (Å²) in [5.41, 5.74) is 0.582. The Morgan fingerprint density at radius 3 is 2.50 bits per heavy atom. The Morgan fingerprint density at radius 2 is 1.76 bits per heavy atom. The van der Waals surface area contributed by atoms with E-state index < -0.39 is 22.0 Å². The van der Waals surface area contributed by atoms with Gasteiger partial charge in [-0.15, -0.1) is 0 Å². The summed E-state index contributed by atoms with van der Waals surface area (Å²) in [6.07, 6.45) is 4.12. The Kier molecular flexibility index (Phi) is 9.42. The summed E-state index contributed by atoms with van der Waals surface area (Å²) in [4.78, 5) is 15.5. The number of ether oxygens (including phenoxy) is 1. The molecule has 2 aromatic carbocycles. The zero-order valence-electron chi connectivity index (χ0n) is 18.8. The Bertz CT molecular complexity index is 1140. The lowest BCUT2D eigenvalue weighted by Crippen LogP contribution is -2.30. The Labute approximate surface area is 200 Å². The van der Waals surface area contributed by atoms with Gasteiger partial charge >= 0.3 is 5.97 Å². The highest BCUT2D eigenvalue weighted by Crippen LogP contribution is 2.23. The first kappa shape index (κ1) is 25.2. The average molecular weight is 484 g/mol. The van der Waals surface area contributed by atoms with Gasteiger partial charge in [-0.25, -0.2) is 18.1 Å². The van der Waals surface area contributed by atoms with E-state index >= 15 is 0 Å². The van der Waals surface area contributed by atoms with Crippen LogP contribution in [0.15, 0.2) is 83.9 Å². The lowest BCUT2D eigenvalue weighted by molar-refractivity contribution is -0.137. The molecule has 1 aromatic heterocycles. The number of hydrogen-bond donors (Lipinski definition) is 3. The van der Waals surface area contributed by atoms with Gasteiger partial charge in [0.05, 0.1) is 24.0 Å². The fourth-order valence-electron chi connectivity index (χ4n) is 3.35. The number of carboxylic acid groups (broad SMARTS) is 1. The number of nitrogens with one attached hydrogen (secondary N) is 2. The Hall–Kier alpha value is -3.43. The molecule has 9 heteroatoms. The standard InChI is InChI=1S/C25H29N3O5S/c29-25(30)19-23(20-10-3-1-4-11-20)28-34(31,32)22-13-9-12-21(18-22)33-17-8-2-6-15-26-24-14-5-7-16-27-24/h1,3-5,7,9-14,16,18,23,28H,2,6,8,15,17,19H2,(H,26,27)(H,29,30). The molecule has 0 fully saturated rings. The van der Waals surface area contributed by atoms with Gasteiger partial charge in [0.25, 0.3) is 0 Å².